The monoisotopic (exact) mass is 365 g/mol. The van der Waals surface area contributed by atoms with Crippen molar-refractivity contribution in [3.63, 3.8) is 0 Å². The minimum absolute atomic E-state index is 0.00419. The Morgan fingerprint density at radius 2 is 1.76 bits per heavy atom. The first-order chi connectivity index (χ1) is 11.7. The molecule has 0 bridgehead atoms. The summed E-state index contributed by atoms with van der Waals surface area (Å²) in [5.41, 5.74) is 1.86. The Hall–Kier alpha value is -2.45. The van der Waals surface area contributed by atoms with Crippen LogP contribution in [0.2, 0.25) is 0 Å². The van der Waals surface area contributed by atoms with E-state index in [2.05, 4.69) is 10.6 Å². The van der Waals surface area contributed by atoms with E-state index in [0.29, 0.717) is 16.9 Å². The molecule has 0 fully saturated rings. The predicted octanol–water partition coefficient (Wildman–Crippen LogP) is 2.44. The molecule has 0 atom stereocenters. The highest BCUT2D eigenvalue weighted by Crippen LogP contribution is 2.17. The minimum atomic E-state index is -3.50. The summed E-state index contributed by atoms with van der Waals surface area (Å²) in [5, 5.41) is 5.60. The van der Waals surface area contributed by atoms with Crippen LogP contribution in [-0.4, -0.2) is 39.3 Å². The topological polar surface area (TPSA) is 78.5 Å². The molecular formula is C17H20FN3O3S. The zero-order chi connectivity index (χ0) is 18.6. The number of amides is 1. The number of nitrogens with one attached hydrogen (secondary N) is 2. The quantitative estimate of drug-likeness (QED) is 0.824. The predicted molar refractivity (Wildman–Crippen MR) is 95.6 cm³/mol. The van der Waals surface area contributed by atoms with Gasteiger partial charge in [-0.25, -0.2) is 17.1 Å². The molecule has 134 valence electrons. The SMILES string of the molecule is Cc1cc(F)ccc1NCC(=O)Nc1ccc(S(=O)(=O)N(C)C)cc1. The Labute approximate surface area is 146 Å². The van der Waals surface area contributed by atoms with Crippen molar-refractivity contribution in [1.29, 1.82) is 0 Å². The summed E-state index contributed by atoms with van der Waals surface area (Å²) in [4.78, 5) is 12.1. The lowest BCUT2D eigenvalue weighted by molar-refractivity contribution is -0.114. The Bertz CT molecular complexity index is 865. The van der Waals surface area contributed by atoms with Gasteiger partial charge in [-0.15, -0.1) is 0 Å². The molecule has 2 aromatic carbocycles. The summed E-state index contributed by atoms with van der Waals surface area (Å²) in [7, 11) is -0.594. The number of sulfonamides is 1. The third-order valence-electron chi connectivity index (χ3n) is 3.54. The number of aryl methyl sites for hydroxylation is 1. The van der Waals surface area contributed by atoms with Gasteiger partial charge in [0.1, 0.15) is 5.82 Å². The molecule has 0 aliphatic rings. The van der Waals surface area contributed by atoms with Crippen LogP contribution >= 0.6 is 0 Å². The molecular weight excluding hydrogens is 345 g/mol. The first-order valence-corrected chi connectivity index (χ1v) is 8.96. The van der Waals surface area contributed by atoms with Crippen molar-refractivity contribution >= 4 is 27.3 Å². The highest BCUT2D eigenvalue weighted by Gasteiger charge is 2.16. The van der Waals surface area contributed by atoms with Crippen LogP contribution in [0.3, 0.4) is 0 Å². The molecule has 0 spiro atoms. The van der Waals surface area contributed by atoms with Gasteiger partial charge in [-0.3, -0.25) is 4.79 Å². The molecule has 0 aliphatic carbocycles. The second-order valence-electron chi connectivity index (χ2n) is 5.67. The van der Waals surface area contributed by atoms with Crippen LogP contribution in [0.4, 0.5) is 15.8 Å². The van der Waals surface area contributed by atoms with E-state index in [-0.39, 0.29) is 23.2 Å². The average Bonchev–Trinajstić information content (AvgIpc) is 2.54. The highest BCUT2D eigenvalue weighted by atomic mass is 32.2. The van der Waals surface area contributed by atoms with Crippen molar-refractivity contribution in [3.8, 4) is 0 Å². The number of hydrogen-bond donors (Lipinski definition) is 2. The number of anilines is 2. The number of rotatable bonds is 6. The molecule has 0 aromatic heterocycles. The lowest BCUT2D eigenvalue weighted by Crippen LogP contribution is -2.23. The van der Waals surface area contributed by atoms with E-state index in [1.165, 1.54) is 50.5 Å². The van der Waals surface area contributed by atoms with Crippen LogP contribution in [0.1, 0.15) is 5.56 Å². The molecule has 2 rings (SSSR count). The Balaban J connectivity index is 1.97. The maximum Gasteiger partial charge on any atom is 0.243 e. The van der Waals surface area contributed by atoms with E-state index >= 15 is 0 Å². The van der Waals surface area contributed by atoms with E-state index in [0.717, 1.165) is 4.31 Å². The Kier molecular flexibility index (Phi) is 5.76. The van der Waals surface area contributed by atoms with Gasteiger partial charge in [-0.2, -0.15) is 0 Å². The molecule has 0 heterocycles. The van der Waals surface area contributed by atoms with Crippen LogP contribution in [-0.2, 0) is 14.8 Å². The van der Waals surface area contributed by atoms with Crippen LogP contribution in [0.5, 0.6) is 0 Å². The summed E-state index contributed by atoms with van der Waals surface area (Å²) in [6, 6.07) is 10.2. The zero-order valence-electron chi connectivity index (χ0n) is 14.2. The second-order valence-corrected chi connectivity index (χ2v) is 7.82. The maximum absolute atomic E-state index is 13.0. The van der Waals surface area contributed by atoms with E-state index in [1.807, 2.05) is 0 Å². The standard InChI is InChI=1S/C17H20FN3O3S/c1-12-10-13(18)4-9-16(12)19-11-17(22)20-14-5-7-15(8-6-14)25(23,24)21(2)3/h4-10,19H,11H2,1-3H3,(H,20,22). The van der Waals surface area contributed by atoms with Gasteiger partial charge in [0.25, 0.3) is 0 Å². The van der Waals surface area contributed by atoms with Crippen LogP contribution in [0.15, 0.2) is 47.4 Å². The van der Waals surface area contributed by atoms with Crippen LogP contribution < -0.4 is 10.6 Å². The van der Waals surface area contributed by atoms with Crippen LogP contribution in [0.25, 0.3) is 0 Å². The largest absolute Gasteiger partial charge is 0.376 e. The molecule has 0 saturated heterocycles. The third-order valence-corrected chi connectivity index (χ3v) is 5.37. The van der Waals surface area contributed by atoms with E-state index < -0.39 is 10.0 Å². The van der Waals surface area contributed by atoms with Gasteiger partial charge in [-0.1, -0.05) is 0 Å². The van der Waals surface area contributed by atoms with Crippen LogP contribution in [0, 0.1) is 12.7 Å². The van der Waals surface area contributed by atoms with Gasteiger partial charge in [0.05, 0.1) is 11.4 Å². The summed E-state index contributed by atoms with van der Waals surface area (Å²) >= 11 is 0. The van der Waals surface area contributed by atoms with Gasteiger partial charge in [-0.05, 0) is 55.0 Å². The fraction of sp³-hybridized carbons (Fsp3) is 0.235. The van der Waals surface area contributed by atoms with Crippen molar-refractivity contribution in [1.82, 2.24) is 4.31 Å². The minimum Gasteiger partial charge on any atom is -0.376 e. The molecule has 0 unspecified atom stereocenters. The van der Waals surface area contributed by atoms with Crippen molar-refractivity contribution in [3.05, 3.63) is 53.8 Å². The summed E-state index contributed by atoms with van der Waals surface area (Å²) in [6.45, 7) is 1.75. The number of carbonyl (C=O) groups is 1. The molecule has 6 nitrogen and oxygen atoms in total. The fourth-order valence-corrected chi connectivity index (χ4v) is 3.03. The van der Waals surface area contributed by atoms with Gasteiger partial charge in [0.15, 0.2) is 0 Å². The first-order valence-electron chi connectivity index (χ1n) is 7.52. The Morgan fingerprint density at radius 1 is 1.12 bits per heavy atom. The van der Waals surface area contributed by atoms with E-state index in [4.69, 9.17) is 0 Å². The van der Waals surface area contributed by atoms with Gasteiger partial charge < -0.3 is 10.6 Å². The number of hydrogen-bond acceptors (Lipinski definition) is 4. The molecule has 0 aliphatic heterocycles. The highest BCUT2D eigenvalue weighted by molar-refractivity contribution is 7.89. The number of carbonyl (C=O) groups excluding carboxylic acids is 1. The molecule has 0 radical (unpaired) electrons. The molecule has 2 aromatic rings. The van der Waals surface area contributed by atoms with E-state index in [9.17, 15) is 17.6 Å². The lowest BCUT2D eigenvalue weighted by Gasteiger charge is -2.12. The normalized spacial score (nSPS) is 11.4. The van der Waals surface area contributed by atoms with Crippen molar-refractivity contribution in [2.45, 2.75) is 11.8 Å². The lowest BCUT2D eigenvalue weighted by atomic mass is 10.2. The molecule has 1 amide bonds. The van der Waals surface area contributed by atoms with Gasteiger partial charge >= 0.3 is 0 Å². The smallest absolute Gasteiger partial charge is 0.243 e. The third kappa shape index (κ3) is 4.77. The summed E-state index contributed by atoms with van der Waals surface area (Å²) < 4.78 is 38.1. The van der Waals surface area contributed by atoms with Crippen molar-refractivity contribution < 1.29 is 17.6 Å². The summed E-state index contributed by atoms with van der Waals surface area (Å²) in [5.74, 6) is -0.632. The maximum atomic E-state index is 13.0. The van der Waals surface area contributed by atoms with Gasteiger partial charge in [0, 0.05) is 25.5 Å². The summed E-state index contributed by atoms with van der Waals surface area (Å²) in [6.07, 6.45) is 0. The van der Waals surface area contributed by atoms with Crippen molar-refractivity contribution in [2.24, 2.45) is 0 Å². The average molecular weight is 365 g/mol. The first kappa shape index (κ1) is 18.9. The number of halogens is 1. The molecule has 25 heavy (non-hydrogen) atoms. The molecule has 8 heteroatoms. The number of benzene rings is 2. The number of nitrogens with zero attached hydrogens (tertiary/aromatic N) is 1. The molecule has 2 N–H and O–H groups in total. The fourth-order valence-electron chi connectivity index (χ4n) is 2.13. The molecule has 0 saturated carbocycles. The zero-order valence-corrected chi connectivity index (χ0v) is 15.0. The second kappa shape index (κ2) is 7.62. The van der Waals surface area contributed by atoms with E-state index in [1.54, 1.807) is 13.0 Å². The van der Waals surface area contributed by atoms with Crippen molar-refractivity contribution in [2.75, 3.05) is 31.3 Å². The van der Waals surface area contributed by atoms with Gasteiger partial charge in [0.2, 0.25) is 15.9 Å². The Morgan fingerprint density at radius 3 is 2.32 bits per heavy atom.